The van der Waals surface area contributed by atoms with E-state index in [0.29, 0.717) is 18.8 Å². The minimum absolute atomic E-state index is 0.126. The Kier molecular flexibility index (Phi) is 4.69. The summed E-state index contributed by atoms with van der Waals surface area (Å²) in [6, 6.07) is 0. The molecule has 0 bridgehead atoms. The number of carbonyl (C=O) groups is 1. The molecular weight excluding hydrogens is 232 g/mol. The quantitative estimate of drug-likeness (QED) is 0.852. The number of hydrogen-bond acceptors (Lipinski definition) is 4. The first kappa shape index (κ1) is 13.0. The molecule has 1 atom stereocenters. The van der Waals surface area contributed by atoms with E-state index in [1.165, 1.54) is 12.7 Å². The van der Waals surface area contributed by atoms with Gasteiger partial charge in [-0.15, -0.1) is 0 Å². The van der Waals surface area contributed by atoms with E-state index in [-0.39, 0.29) is 12.0 Å². The average molecular weight is 252 g/mol. The molecule has 1 saturated heterocycles. The SMILES string of the molecule is CN(Cc1ncn[nH]1)C(=O)CCC1CCCCO1. The Balaban J connectivity index is 1.70. The zero-order valence-electron chi connectivity index (χ0n) is 10.8. The number of amides is 1. The van der Waals surface area contributed by atoms with Crippen LogP contribution in [0, 0.1) is 0 Å². The molecule has 0 saturated carbocycles. The first-order valence-electron chi connectivity index (χ1n) is 6.45. The van der Waals surface area contributed by atoms with Gasteiger partial charge >= 0.3 is 0 Å². The van der Waals surface area contributed by atoms with Crippen LogP contribution in [0.3, 0.4) is 0 Å². The van der Waals surface area contributed by atoms with E-state index in [1.54, 1.807) is 11.9 Å². The molecule has 6 nitrogen and oxygen atoms in total. The fourth-order valence-corrected chi connectivity index (χ4v) is 2.13. The second kappa shape index (κ2) is 6.49. The van der Waals surface area contributed by atoms with Crippen LogP contribution >= 0.6 is 0 Å². The zero-order valence-corrected chi connectivity index (χ0v) is 10.8. The number of hydrogen-bond donors (Lipinski definition) is 1. The van der Waals surface area contributed by atoms with Crippen molar-refractivity contribution < 1.29 is 9.53 Å². The van der Waals surface area contributed by atoms with Gasteiger partial charge in [-0.1, -0.05) is 0 Å². The van der Waals surface area contributed by atoms with Gasteiger partial charge < -0.3 is 9.64 Å². The van der Waals surface area contributed by atoms with Gasteiger partial charge in [0.15, 0.2) is 0 Å². The lowest BCUT2D eigenvalue weighted by Crippen LogP contribution is -2.28. The van der Waals surface area contributed by atoms with Crippen LogP contribution < -0.4 is 0 Å². The Hall–Kier alpha value is -1.43. The van der Waals surface area contributed by atoms with Crippen LogP contribution in [0.5, 0.6) is 0 Å². The van der Waals surface area contributed by atoms with Gasteiger partial charge in [-0.25, -0.2) is 4.98 Å². The lowest BCUT2D eigenvalue weighted by atomic mass is 10.0. The molecular formula is C12H20N4O2. The Morgan fingerprint density at radius 3 is 3.17 bits per heavy atom. The first-order chi connectivity index (χ1) is 8.75. The van der Waals surface area contributed by atoms with Gasteiger partial charge in [-0.3, -0.25) is 9.89 Å². The molecule has 1 unspecified atom stereocenters. The molecule has 1 amide bonds. The van der Waals surface area contributed by atoms with E-state index in [0.717, 1.165) is 25.9 Å². The number of H-pyrrole nitrogens is 1. The molecule has 1 N–H and O–H groups in total. The molecule has 2 heterocycles. The predicted octanol–water partition coefficient (Wildman–Crippen LogP) is 1.11. The lowest BCUT2D eigenvalue weighted by molar-refractivity contribution is -0.131. The van der Waals surface area contributed by atoms with Crippen LogP contribution in [-0.2, 0) is 16.1 Å². The Labute approximate surface area is 107 Å². The molecule has 1 aromatic heterocycles. The van der Waals surface area contributed by atoms with Crippen molar-refractivity contribution in [1.29, 1.82) is 0 Å². The highest BCUT2D eigenvalue weighted by molar-refractivity contribution is 5.75. The van der Waals surface area contributed by atoms with Crippen LogP contribution in [0.2, 0.25) is 0 Å². The van der Waals surface area contributed by atoms with Crippen molar-refractivity contribution in [2.75, 3.05) is 13.7 Å². The summed E-state index contributed by atoms with van der Waals surface area (Å²) in [5.41, 5.74) is 0. The van der Waals surface area contributed by atoms with Crippen LogP contribution in [0.4, 0.5) is 0 Å². The normalized spacial score (nSPS) is 19.7. The molecule has 1 aliphatic heterocycles. The third-order valence-corrected chi connectivity index (χ3v) is 3.23. The maximum atomic E-state index is 11.9. The summed E-state index contributed by atoms with van der Waals surface area (Å²) in [4.78, 5) is 17.6. The number of aromatic nitrogens is 3. The van der Waals surface area contributed by atoms with Crippen molar-refractivity contribution in [2.45, 2.75) is 44.8 Å². The van der Waals surface area contributed by atoms with Crippen LogP contribution in [0.1, 0.15) is 37.9 Å². The minimum atomic E-state index is 0.126. The summed E-state index contributed by atoms with van der Waals surface area (Å²) in [5.74, 6) is 0.834. The van der Waals surface area contributed by atoms with Gasteiger partial charge in [0.2, 0.25) is 5.91 Å². The molecule has 0 aromatic carbocycles. The van der Waals surface area contributed by atoms with Crippen molar-refractivity contribution in [2.24, 2.45) is 0 Å². The van der Waals surface area contributed by atoms with E-state index < -0.39 is 0 Å². The van der Waals surface area contributed by atoms with E-state index in [4.69, 9.17) is 4.74 Å². The number of rotatable bonds is 5. The second-order valence-electron chi connectivity index (χ2n) is 4.71. The van der Waals surface area contributed by atoms with E-state index in [9.17, 15) is 4.79 Å². The van der Waals surface area contributed by atoms with Crippen molar-refractivity contribution in [3.8, 4) is 0 Å². The van der Waals surface area contributed by atoms with E-state index >= 15 is 0 Å². The summed E-state index contributed by atoms with van der Waals surface area (Å²) in [5, 5.41) is 6.51. The van der Waals surface area contributed by atoms with Crippen molar-refractivity contribution >= 4 is 5.91 Å². The number of aromatic amines is 1. The highest BCUT2D eigenvalue weighted by atomic mass is 16.5. The number of ether oxygens (including phenoxy) is 1. The molecule has 2 rings (SSSR count). The largest absolute Gasteiger partial charge is 0.378 e. The van der Waals surface area contributed by atoms with Gasteiger partial charge in [-0.2, -0.15) is 5.10 Å². The molecule has 0 spiro atoms. The van der Waals surface area contributed by atoms with E-state index in [2.05, 4.69) is 15.2 Å². The summed E-state index contributed by atoms with van der Waals surface area (Å²) < 4.78 is 5.61. The molecule has 0 aliphatic carbocycles. The fraction of sp³-hybridized carbons (Fsp3) is 0.750. The monoisotopic (exact) mass is 252 g/mol. The Bertz CT molecular complexity index is 360. The summed E-state index contributed by atoms with van der Waals surface area (Å²) in [6.45, 7) is 1.32. The van der Waals surface area contributed by atoms with E-state index in [1.807, 2.05) is 0 Å². The maximum Gasteiger partial charge on any atom is 0.222 e. The highest BCUT2D eigenvalue weighted by Crippen LogP contribution is 2.17. The Morgan fingerprint density at radius 2 is 2.50 bits per heavy atom. The average Bonchev–Trinajstić information content (AvgIpc) is 2.90. The van der Waals surface area contributed by atoms with Crippen molar-refractivity contribution in [3.63, 3.8) is 0 Å². The van der Waals surface area contributed by atoms with Crippen LogP contribution in [0.25, 0.3) is 0 Å². The third kappa shape index (κ3) is 3.80. The van der Waals surface area contributed by atoms with Crippen molar-refractivity contribution in [1.82, 2.24) is 20.1 Å². The second-order valence-corrected chi connectivity index (χ2v) is 4.71. The molecule has 0 radical (unpaired) electrons. The number of carbonyl (C=O) groups excluding carboxylic acids is 1. The first-order valence-corrected chi connectivity index (χ1v) is 6.45. The summed E-state index contributed by atoms with van der Waals surface area (Å²) in [6.07, 6.45) is 6.52. The van der Waals surface area contributed by atoms with Gasteiger partial charge in [-0.05, 0) is 25.7 Å². The minimum Gasteiger partial charge on any atom is -0.378 e. The van der Waals surface area contributed by atoms with Crippen LogP contribution in [0.15, 0.2) is 6.33 Å². The van der Waals surface area contributed by atoms with Crippen molar-refractivity contribution in [3.05, 3.63) is 12.2 Å². The molecule has 1 aromatic rings. The third-order valence-electron chi connectivity index (χ3n) is 3.23. The Morgan fingerprint density at radius 1 is 1.61 bits per heavy atom. The number of nitrogens with one attached hydrogen (secondary N) is 1. The smallest absolute Gasteiger partial charge is 0.222 e. The van der Waals surface area contributed by atoms with Gasteiger partial charge in [0.05, 0.1) is 12.6 Å². The lowest BCUT2D eigenvalue weighted by Gasteiger charge is -2.23. The predicted molar refractivity (Wildman–Crippen MR) is 65.7 cm³/mol. The topological polar surface area (TPSA) is 71.1 Å². The highest BCUT2D eigenvalue weighted by Gasteiger charge is 2.17. The molecule has 6 heteroatoms. The molecule has 1 fully saturated rings. The van der Waals surface area contributed by atoms with Gasteiger partial charge in [0.25, 0.3) is 0 Å². The standard InChI is InChI=1S/C12H20N4O2/c1-16(8-11-13-9-14-15-11)12(17)6-5-10-4-2-3-7-18-10/h9-10H,2-8H2,1H3,(H,13,14,15). The molecule has 18 heavy (non-hydrogen) atoms. The van der Waals surface area contributed by atoms with Crippen LogP contribution in [-0.4, -0.2) is 45.7 Å². The van der Waals surface area contributed by atoms with Gasteiger partial charge in [0.1, 0.15) is 12.2 Å². The zero-order chi connectivity index (χ0) is 12.8. The molecule has 1 aliphatic rings. The fourth-order valence-electron chi connectivity index (χ4n) is 2.13. The maximum absolute atomic E-state index is 11.9. The molecule has 100 valence electrons. The van der Waals surface area contributed by atoms with Gasteiger partial charge in [0, 0.05) is 20.1 Å². The summed E-state index contributed by atoms with van der Waals surface area (Å²) >= 11 is 0. The summed E-state index contributed by atoms with van der Waals surface area (Å²) in [7, 11) is 1.78. The number of nitrogens with zero attached hydrogens (tertiary/aromatic N) is 3.